The Hall–Kier alpha value is -2.09. The highest BCUT2D eigenvalue weighted by Gasteiger charge is 2.29. The van der Waals surface area contributed by atoms with E-state index in [1.165, 1.54) is 6.21 Å². The number of ether oxygens (including phenoxy) is 1. The van der Waals surface area contributed by atoms with Crippen LogP contribution in [0.25, 0.3) is 0 Å². The van der Waals surface area contributed by atoms with Crippen molar-refractivity contribution in [3.8, 4) is 0 Å². The van der Waals surface area contributed by atoms with Gasteiger partial charge in [-0.2, -0.15) is 5.10 Å². The number of rotatable bonds is 5. The molecule has 1 aromatic carbocycles. The van der Waals surface area contributed by atoms with Crippen molar-refractivity contribution in [1.82, 2.24) is 14.7 Å². The van der Waals surface area contributed by atoms with Crippen molar-refractivity contribution in [2.24, 2.45) is 7.05 Å². The van der Waals surface area contributed by atoms with Gasteiger partial charge in [-0.05, 0) is 12.1 Å². The van der Waals surface area contributed by atoms with E-state index in [1.807, 2.05) is 25.4 Å². The number of hydrogen-bond donors (Lipinski definition) is 2. The van der Waals surface area contributed by atoms with E-state index in [-0.39, 0.29) is 0 Å². The molecule has 2 aromatic rings. The number of aromatic nitrogens is 2. The predicted molar refractivity (Wildman–Crippen MR) is 104 cm³/mol. The summed E-state index contributed by atoms with van der Waals surface area (Å²) in [5.41, 5.74) is 3.52. The first kappa shape index (κ1) is 17.3. The van der Waals surface area contributed by atoms with E-state index in [0.717, 1.165) is 62.0 Å². The fourth-order valence-corrected chi connectivity index (χ4v) is 3.74. The zero-order valence-electron chi connectivity index (χ0n) is 14.8. The summed E-state index contributed by atoms with van der Waals surface area (Å²) in [5, 5.41) is 15.9. The Morgan fingerprint density at radius 1 is 1.27 bits per heavy atom. The van der Waals surface area contributed by atoms with Crippen molar-refractivity contribution in [3.63, 3.8) is 0 Å². The lowest BCUT2D eigenvalue weighted by Crippen LogP contribution is -2.56. The van der Waals surface area contributed by atoms with Crippen LogP contribution >= 0.6 is 11.6 Å². The number of anilines is 3. The molecule has 8 heteroatoms. The van der Waals surface area contributed by atoms with Gasteiger partial charge in [-0.15, -0.1) is 0 Å². The summed E-state index contributed by atoms with van der Waals surface area (Å²) in [6.45, 7) is 5.62. The molecule has 4 rings (SSSR count). The second kappa shape index (κ2) is 7.26. The normalized spacial score (nSPS) is 18.6. The summed E-state index contributed by atoms with van der Waals surface area (Å²) in [7, 11) is 1.88. The SMILES string of the molecule is Cn1cc(Nc2cc(N3CCN(C4COC4)CC3)c(Cl)cc2C=N)cn1. The minimum Gasteiger partial charge on any atom is -0.378 e. The summed E-state index contributed by atoms with van der Waals surface area (Å²) in [4.78, 5) is 4.81. The highest BCUT2D eigenvalue weighted by Crippen LogP contribution is 2.34. The first-order valence-electron chi connectivity index (χ1n) is 8.80. The van der Waals surface area contributed by atoms with Crippen molar-refractivity contribution in [2.45, 2.75) is 6.04 Å². The second-order valence-electron chi connectivity index (χ2n) is 6.78. The van der Waals surface area contributed by atoms with Gasteiger partial charge in [0.05, 0.1) is 41.8 Å². The maximum absolute atomic E-state index is 7.69. The van der Waals surface area contributed by atoms with E-state index in [0.29, 0.717) is 11.1 Å². The van der Waals surface area contributed by atoms with Crippen molar-refractivity contribution in [3.05, 3.63) is 35.1 Å². The Morgan fingerprint density at radius 3 is 2.62 bits per heavy atom. The number of nitrogens with one attached hydrogen (secondary N) is 2. The van der Waals surface area contributed by atoms with Crippen molar-refractivity contribution in [2.75, 3.05) is 49.6 Å². The van der Waals surface area contributed by atoms with E-state index in [1.54, 1.807) is 10.9 Å². The van der Waals surface area contributed by atoms with Gasteiger partial charge in [-0.25, -0.2) is 0 Å². The minimum absolute atomic E-state index is 0.579. The molecule has 7 nitrogen and oxygen atoms in total. The van der Waals surface area contributed by atoms with Gasteiger partial charge >= 0.3 is 0 Å². The molecule has 0 radical (unpaired) electrons. The molecule has 0 unspecified atom stereocenters. The number of halogens is 1. The standard InChI is InChI=1S/C18H23ClN6O/c1-23-10-14(9-21-23)22-17-7-18(16(19)6-13(17)8-20)25-4-2-24(3-5-25)15-11-26-12-15/h6-10,15,20,22H,2-5,11-12H2,1H3. The van der Waals surface area contributed by atoms with Gasteiger partial charge in [0.25, 0.3) is 0 Å². The highest BCUT2D eigenvalue weighted by atomic mass is 35.5. The molecular weight excluding hydrogens is 352 g/mol. The van der Waals surface area contributed by atoms with Crippen molar-refractivity contribution < 1.29 is 4.74 Å². The maximum Gasteiger partial charge on any atom is 0.0770 e. The largest absolute Gasteiger partial charge is 0.378 e. The molecular formula is C18H23ClN6O. The molecule has 0 amide bonds. The van der Waals surface area contributed by atoms with Gasteiger partial charge < -0.3 is 20.4 Å². The first-order chi connectivity index (χ1) is 12.6. The van der Waals surface area contributed by atoms with Crippen LogP contribution in [-0.2, 0) is 11.8 Å². The second-order valence-corrected chi connectivity index (χ2v) is 7.18. The summed E-state index contributed by atoms with van der Waals surface area (Å²) in [5.74, 6) is 0. The predicted octanol–water partition coefficient (Wildman–Crippen LogP) is 2.34. The number of benzene rings is 1. The van der Waals surface area contributed by atoms with Gasteiger partial charge in [-0.1, -0.05) is 11.6 Å². The zero-order valence-corrected chi connectivity index (χ0v) is 15.5. The number of hydrogen-bond acceptors (Lipinski definition) is 6. The Bertz CT molecular complexity index is 795. The average molecular weight is 375 g/mol. The van der Waals surface area contributed by atoms with Gasteiger partial charge in [0.2, 0.25) is 0 Å². The molecule has 0 bridgehead atoms. The molecule has 2 aliphatic heterocycles. The third-order valence-corrected chi connectivity index (χ3v) is 5.35. The van der Waals surface area contributed by atoms with Crippen LogP contribution in [-0.4, -0.2) is 66.3 Å². The van der Waals surface area contributed by atoms with Crippen LogP contribution in [0.15, 0.2) is 24.5 Å². The molecule has 138 valence electrons. The van der Waals surface area contributed by atoms with Crippen LogP contribution in [0.4, 0.5) is 17.1 Å². The number of nitrogens with zero attached hydrogens (tertiary/aromatic N) is 4. The fraction of sp³-hybridized carbons (Fsp3) is 0.444. The van der Waals surface area contributed by atoms with Gasteiger partial charge in [0.1, 0.15) is 0 Å². The van der Waals surface area contributed by atoms with Crippen LogP contribution in [0.2, 0.25) is 5.02 Å². The zero-order chi connectivity index (χ0) is 18.1. The molecule has 3 heterocycles. The van der Waals surface area contributed by atoms with Gasteiger partial charge in [0.15, 0.2) is 0 Å². The van der Waals surface area contributed by atoms with Crippen molar-refractivity contribution in [1.29, 1.82) is 5.41 Å². The van der Waals surface area contributed by atoms with E-state index >= 15 is 0 Å². The lowest BCUT2D eigenvalue weighted by molar-refractivity contribution is -0.0660. The van der Waals surface area contributed by atoms with Crippen LogP contribution in [0, 0.1) is 5.41 Å². The van der Waals surface area contributed by atoms with Crippen LogP contribution in [0.3, 0.4) is 0 Å². The number of aryl methyl sites for hydroxylation is 1. The summed E-state index contributed by atoms with van der Waals surface area (Å²) in [6, 6.07) is 4.47. The molecule has 2 N–H and O–H groups in total. The van der Waals surface area contributed by atoms with Crippen LogP contribution < -0.4 is 10.2 Å². The third kappa shape index (κ3) is 3.42. The molecule has 26 heavy (non-hydrogen) atoms. The first-order valence-corrected chi connectivity index (χ1v) is 9.18. The Kier molecular flexibility index (Phi) is 4.84. The topological polar surface area (TPSA) is 69.4 Å². The van der Waals surface area contributed by atoms with E-state index in [9.17, 15) is 0 Å². The van der Waals surface area contributed by atoms with Crippen LogP contribution in [0.1, 0.15) is 5.56 Å². The fourth-order valence-electron chi connectivity index (χ4n) is 3.45. The van der Waals surface area contributed by atoms with Gasteiger partial charge in [-0.3, -0.25) is 9.58 Å². The van der Waals surface area contributed by atoms with Gasteiger partial charge in [0, 0.05) is 56.9 Å². The average Bonchev–Trinajstić information content (AvgIpc) is 3.00. The quantitative estimate of drug-likeness (QED) is 0.786. The monoisotopic (exact) mass is 374 g/mol. The summed E-state index contributed by atoms with van der Waals surface area (Å²) < 4.78 is 7.05. The molecule has 2 aliphatic rings. The maximum atomic E-state index is 7.69. The van der Waals surface area contributed by atoms with E-state index < -0.39 is 0 Å². The smallest absolute Gasteiger partial charge is 0.0770 e. The third-order valence-electron chi connectivity index (χ3n) is 5.05. The number of piperazine rings is 1. The Labute approximate surface area is 158 Å². The summed E-state index contributed by atoms with van der Waals surface area (Å²) >= 11 is 6.54. The molecule has 0 spiro atoms. The molecule has 0 atom stereocenters. The molecule has 2 saturated heterocycles. The summed E-state index contributed by atoms with van der Waals surface area (Å²) in [6.07, 6.45) is 4.99. The Morgan fingerprint density at radius 2 is 2.04 bits per heavy atom. The van der Waals surface area contributed by atoms with Crippen LogP contribution in [0.5, 0.6) is 0 Å². The minimum atomic E-state index is 0.579. The van der Waals surface area contributed by atoms with Crippen molar-refractivity contribution >= 4 is 34.9 Å². The lowest BCUT2D eigenvalue weighted by Gasteiger charge is -2.43. The molecule has 1 aromatic heterocycles. The van der Waals surface area contributed by atoms with E-state index in [4.69, 9.17) is 21.7 Å². The highest BCUT2D eigenvalue weighted by molar-refractivity contribution is 6.33. The lowest BCUT2D eigenvalue weighted by atomic mass is 10.1. The molecule has 0 saturated carbocycles. The molecule has 2 fully saturated rings. The molecule has 0 aliphatic carbocycles. The Balaban J connectivity index is 1.54. The van der Waals surface area contributed by atoms with E-state index in [2.05, 4.69) is 20.2 Å².